The molecule has 0 atom stereocenters. The van der Waals surface area contributed by atoms with Crippen molar-refractivity contribution in [3.8, 4) is 0 Å². The normalized spacial score (nSPS) is 13.6. The Morgan fingerprint density at radius 3 is 2.89 bits per heavy atom. The van der Waals surface area contributed by atoms with Crippen molar-refractivity contribution in [3.05, 3.63) is 45.1 Å². The molecule has 0 aliphatic heterocycles. The lowest BCUT2D eigenvalue weighted by atomic mass is 9.97. The fraction of sp³-hybridized carbons (Fsp3) is 0.350. The number of anilines is 1. The van der Waals surface area contributed by atoms with Gasteiger partial charge in [-0.1, -0.05) is 29.4 Å². The molecule has 140 valence electrons. The molecule has 0 spiro atoms. The Morgan fingerprint density at radius 1 is 1.26 bits per heavy atom. The molecule has 0 radical (unpaired) electrons. The molecule has 4 rings (SSSR count). The van der Waals surface area contributed by atoms with E-state index < -0.39 is 0 Å². The van der Waals surface area contributed by atoms with Gasteiger partial charge in [-0.15, -0.1) is 11.3 Å². The minimum absolute atomic E-state index is 0.0790. The number of halogens is 1. The van der Waals surface area contributed by atoms with Crippen LogP contribution in [0.25, 0.3) is 10.2 Å². The third kappa shape index (κ3) is 3.84. The van der Waals surface area contributed by atoms with Crippen LogP contribution in [0.4, 0.5) is 5.69 Å². The number of aromatic nitrogens is 2. The van der Waals surface area contributed by atoms with E-state index in [1.165, 1.54) is 35.0 Å². The summed E-state index contributed by atoms with van der Waals surface area (Å²) >= 11 is 9.54. The third-order valence-corrected chi connectivity index (χ3v) is 7.24. The van der Waals surface area contributed by atoms with Gasteiger partial charge in [0.05, 0.1) is 16.5 Å². The van der Waals surface area contributed by atoms with Gasteiger partial charge in [0.1, 0.15) is 16.2 Å². The molecule has 1 aromatic carbocycles. The van der Waals surface area contributed by atoms with Gasteiger partial charge in [-0.25, -0.2) is 9.97 Å². The van der Waals surface area contributed by atoms with Gasteiger partial charge in [-0.05, 0) is 62.3 Å². The van der Waals surface area contributed by atoms with Crippen molar-refractivity contribution in [2.75, 3.05) is 11.1 Å². The molecule has 0 saturated heterocycles. The molecule has 0 saturated carbocycles. The lowest BCUT2D eigenvalue weighted by Gasteiger charge is -2.12. The lowest BCUT2D eigenvalue weighted by Crippen LogP contribution is -2.15. The summed E-state index contributed by atoms with van der Waals surface area (Å²) in [5, 5.41) is 5.58. The average molecular weight is 418 g/mol. The first-order valence-electron chi connectivity index (χ1n) is 8.97. The van der Waals surface area contributed by atoms with Crippen molar-refractivity contribution < 1.29 is 4.79 Å². The van der Waals surface area contributed by atoms with E-state index in [0.717, 1.165) is 39.2 Å². The lowest BCUT2D eigenvalue weighted by molar-refractivity contribution is -0.113. The SMILES string of the molecule is Cc1cc(C)c(NC(=O)CSc2ncnc3sc4c(c23)CCCC4)c(Cl)c1. The van der Waals surface area contributed by atoms with Gasteiger partial charge in [0.15, 0.2) is 0 Å². The fourth-order valence-electron chi connectivity index (χ4n) is 3.55. The Balaban J connectivity index is 1.52. The second kappa shape index (κ2) is 7.78. The summed E-state index contributed by atoms with van der Waals surface area (Å²) in [6, 6.07) is 3.88. The fourth-order valence-corrected chi connectivity index (χ4v) is 6.04. The van der Waals surface area contributed by atoms with Crippen molar-refractivity contribution in [1.29, 1.82) is 0 Å². The molecule has 3 aromatic rings. The Hall–Kier alpha value is -1.63. The third-order valence-electron chi connectivity index (χ3n) is 4.75. The molecule has 0 fully saturated rings. The number of nitrogens with zero attached hydrogens (tertiary/aromatic N) is 2. The molecule has 2 aromatic heterocycles. The summed E-state index contributed by atoms with van der Waals surface area (Å²) in [6.07, 6.45) is 6.27. The van der Waals surface area contributed by atoms with E-state index in [1.54, 1.807) is 17.7 Å². The number of thiophene rings is 1. The standard InChI is InChI=1S/C20H20ClN3OS2/c1-11-7-12(2)18(14(21)8-11)24-16(25)9-26-19-17-13-5-3-4-6-15(13)27-20(17)23-10-22-19/h7-8,10H,3-6,9H2,1-2H3,(H,24,25). The number of rotatable bonds is 4. The smallest absolute Gasteiger partial charge is 0.234 e. The summed E-state index contributed by atoms with van der Waals surface area (Å²) in [5.74, 6) is 0.213. The van der Waals surface area contributed by atoms with Crippen LogP contribution < -0.4 is 5.32 Å². The number of aryl methyl sites for hydroxylation is 4. The molecule has 1 aliphatic carbocycles. The van der Waals surface area contributed by atoms with Crippen LogP contribution in [0.5, 0.6) is 0 Å². The van der Waals surface area contributed by atoms with Crippen LogP contribution in [0, 0.1) is 13.8 Å². The number of benzene rings is 1. The number of nitrogens with one attached hydrogen (secondary N) is 1. The van der Waals surface area contributed by atoms with E-state index in [2.05, 4.69) is 15.3 Å². The number of fused-ring (bicyclic) bond motifs is 3. The summed E-state index contributed by atoms with van der Waals surface area (Å²) in [4.78, 5) is 23.9. The van der Waals surface area contributed by atoms with Crippen molar-refractivity contribution in [2.45, 2.75) is 44.6 Å². The highest BCUT2D eigenvalue weighted by Crippen LogP contribution is 2.39. The Kier molecular flexibility index (Phi) is 5.39. The van der Waals surface area contributed by atoms with Crippen LogP contribution in [0.15, 0.2) is 23.5 Å². The maximum absolute atomic E-state index is 12.5. The maximum Gasteiger partial charge on any atom is 0.234 e. The van der Waals surface area contributed by atoms with Gasteiger partial charge < -0.3 is 5.32 Å². The van der Waals surface area contributed by atoms with Crippen LogP contribution in [0.3, 0.4) is 0 Å². The summed E-state index contributed by atoms with van der Waals surface area (Å²) in [6.45, 7) is 3.94. The maximum atomic E-state index is 12.5. The van der Waals surface area contributed by atoms with E-state index in [4.69, 9.17) is 11.6 Å². The molecule has 1 aliphatic rings. The van der Waals surface area contributed by atoms with Gasteiger partial charge in [-0.2, -0.15) is 0 Å². The summed E-state index contributed by atoms with van der Waals surface area (Å²) in [7, 11) is 0. The second-order valence-electron chi connectivity index (χ2n) is 6.85. The monoisotopic (exact) mass is 417 g/mol. The molecule has 1 amide bonds. The number of hydrogen-bond acceptors (Lipinski definition) is 5. The first-order chi connectivity index (χ1) is 13.0. The van der Waals surface area contributed by atoms with Crippen LogP contribution in [0.1, 0.15) is 34.4 Å². The molecule has 4 nitrogen and oxygen atoms in total. The number of amides is 1. The summed E-state index contributed by atoms with van der Waals surface area (Å²) < 4.78 is 0. The van der Waals surface area contributed by atoms with Gasteiger partial charge >= 0.3 is 0 Å². The van der Waals surface area contributed by atoms with Crippen molar-refractivity contribution in [1.82, 2.24) is 9.97 Å². The molecular formula is C20H20ClN3OS2. The van der Waals surface area contributed by atoms with Gasteiger partial charge in [0, 0.05) is 10.3 Å². The molecule has 0 bridgehead atoms. The average Bonchev–Trinajstić information content (AvgIpc) is 3.02. The van der Waals surface area contributed by atoms with Crippen LogP contribution in [-0.4, -0.2) is 21.6 Å². The largest absolute Gasteiger partial charge is 0.324 e. The van der Waals surface area contributed by atoms with Crippen LogP contribution >= 0.6 is 34.7 Å². The zero-order valence-electron chi connectivity index (χ0n) is 15.3. The summed E-state index contributed by atoms with van der Waals surface area (Å²) in [5.41, 5.74) is 4.13. The quantitative estimate of drug-likeness (QED) is 0.445. The first kappa shape index (κ1) is 18.7. The highest BCUT2D eigenvalue weighted by atomic mass is 35.5. The van der Waals surface area contributed by atoms with E-state index in [-0.39, 0.29) is 5.91 Å². The Labute approximate surface area is 171 Å². The number of hydrogen-bond donors (Lipinski definition) is 1. The molecule has 27 heavy (non-hydrogen) atoms. The zero-order valence-corrected chi connectivity index (χ0v) is 17.7. The Morgan fingerprint density at radius 2 is 2.07 bits per heavy atom. The Bertz CT molecular complexity index is 1010. The predicted octanol–water partition coefficient (Wildman–Crippen LogP) is 5.57. The van der Waals surface area contributed by atoms with Crippen molar-refractivity contribution in [2.24, 2.45) is 0 Å². The predicted molar refractivity (Wildman–Crippen MR) is 114 cm³/mol. The molecule has 2 heterocycles. The number of carbonyl (C=O) groups excluding carboxylic acids is 1. The number of carbonyl (C=O) groups is 1. The molecule has 7 heteroatoms. The van der Waals surface area contributed by atoms with E-state index >= 15 is 0 Å². The van der Waals surface area contributed by atoms with E-state index in [0.29, 0.717) is 16.5 Å². The van der Waals surface area contributed by atoms with Crippen molar-refractivity contribution in [3.63, 3.8) is 0 Å². The first-order valence-corrected chi connectivity index (χ1v) is 11.2. The highest BCUT2D eigenvalue weighted by Gasteiger charge is 2.20. The van der Waals surface area contributed by atoms with Gasteiger partial charge in [-0.3, -0.25) is 4.79 Å². The molecule has 0 unspecified atom stereocenters. The second-order valence-corrected chi connectivity index (χ2v) is 9.30. The number of thioether (sulfide) groups is 1. The van der Waals surface area contributed by atoms with E-state index in [9.17, 15) is 4.79 Å². The van der Waals surface area contributed by atoms with Crippen molar-refractivity contribution >= 4 is 56.5 Å². The topological polar surface area (TPSA) is 54.9 Å². The van der Waals surface area contributed by atoms with E-state index in [1.807, 2.05) is 26.0 Å². The molecular weight excluding hydrogens is 398 g/mol. The van der Waals surface area contributed by atoms with Gasteiger partial charge in [0.25, 0.3) is 0 Å². The van der Waals surface area contributed by atoms with Crippen LogP contribution in [0.2, 0.25) is 5.02 Å². The molecule has 1 N–H and O–H groups in total. The van der Waals surface area contributed by atoms with Crippen LogP contribution in [-0.2, 0) is 17.6 Å². The minimum Gasteiger partial charge on any atom is -0.324 e. The van der Waals surface area contributed by atoms with Gasteiger partial charge in [0.2, 0.25) is 5.91 Å². The minimum atomic E-state index is -0.0790. The highest BCUT2D eigenvalue weighted by molar-refractivity contribution is 8.00. The zero-order chi connectivity index (χ0) is 19.0.